The molecule has 0 aliphatic carbocycles. The van der Waals surface area contributed by atoms with Gasteiger partial charge in [-0.05, 0) is 25.1 Å². The van der Waals surface area contributed by atoms with Crippen molar-refractivity contribution in [3.05, 3.63) is 47.1 Å². The molecule has 2 N–H and O–H groups in total. The van der Waals surface area contributed by atoms with Crippen LogP contribution in [-0.4, -0.2) is 28.3 Å². The quantitative estimate of drug-likeness (QED) is 0.794. The Morgan fingerprint density at radius 3 is 2.69 bits per heavy atom. The summed E-state index contributed by atoms with van der Waals surface area (Å²) < 4.78 is 58.3. The van der Waals surface area contributed by atoms with E-state index in [-0.39, 0.29) is 10.7 Å². The van der Waals surface area contributed by atoms with E-state index in [9.17, 15) is 17.6 Å². The van der Waals surface area contributed by atoms with Crippen molar-refractivity contribution in [1.82, 2.24) is 9.97 Å². The lowest BCUT2D eigenvalue weighted by molar-refractivity contribution is -0.208. The highest BCUT2D eigenvalue weighted by atomic mass is 35.5. The van der Waals surface area contributed by atoms with Crippen LogP contribution in [0, 0.1) is 5.82 Å². The predicted molar refractivity (Wildman–Crippen MR) is 87.0 cm³/mol. The first-order valence-corrected chi connectivity index (χ1v) is 7.83. The number of rotatable bonds is 2. The van der Waals surface area contributed by atoms with Crippen LogP contribution in [0.1, 0.15) is 18.9 Å². The maximum atomic E-state index is 14.5. The normalized spacial score (nSPS) is 23.3. The van der Waals surface area contributed by atoms with Crippen LogP contribution in [0.2, 0.25) is 5.15 Å². The van der Waals surface area contributed by atoms with E-state index < -0.39 is 36.1 Å². The average Bonchev–Trinajstić information content (AvgIpc) is 2.53. The maximum absolute atomic E-state index is 14.5. The van der Waals surface area contributed by atoms with Gasteiger partial charge in [-0.1, -0.05) is 11.6 Å². The van der Waals surface area contributed by atoms with Crippen molar-refractivity contribution in [2.24, 2.45) is 10.7 Å². The standard InChI is InChI=1S/C16H13ClF4N4O/c1-15(5-12(16(19,20)21)26-14(22)25-15)9-4-8(2-3-10(9)18)11-6-23-7-13(17)24-11/h2-4,6-7,12H,5H2,1H3,(H2,22,25)/t12-,15-/m0/s1. The fourth-order valence-electron chi connectivity index (χ4n) is 2.79. The van der Waals surface area contributed by atoms with Gasteiger partial charge in [0.25, 0.3) is 6.02 Å². The summed E-state index contributed by atoms with van der Waals surface area (Å²) in [6, 6.07) is 3.28. The van der Waals surface area contributed by atoms with Gasteiger partial charge in [0.15, 0.2) is 6.10 Å². The molecule has 0 fully saturated rings. The number of hydrogen-bond acceptors (Lipinski definition) is 5. The molecule has 0 saturated heterocycles. The number of amidine groups is 1. The number of nitrogens with two attached hydrogens (primary N) is 1. The van der Waals surface area contributed by atoms with E-state index in [1.165, 1.54) is 31.5 Å². The number of nitrogens with zero attached hydrogens (tertiary/aromatic N) is 3. The topological polar surface area (TPSA) is 73.4 Å². The van der Waals surface area contributed by atoms with E-state index in [2.05, 4.69) is 19.7 Å². The maximum Gasteiger partial charge on any atom is 0.425 e. The number of alkyl halides is 3. The average molecular weight is 389 g/mol. The van der Waals surface area contributed by atoms with Crippen LogP contribution in [0.4, 0.5) is 17.6 Å². The second-order valence-electron chi connectivity index (χ2n) is 6.00. The first-order valence-electron chi connectivity index (χ1n) is 7.45. The van der Waals surface area contributed by atoms with E-state index in [0.717, 1.165) is 6.07 Å². The van der Waals surface area contributed by atoms with Gasteiger partial charge in [0.2, 0.25) is 0 Å². The predicted octanol–water partition coefficient (Wildman–Crippen LogP) is 3.82. The molecule has 0 bridgehead atoms. The Kier molecular flexibility index (Phi) is 4.51. The lowest BCUT2D eigenvalue weighted by atomic mass is 9.84. The number of hydrogen-bond donors (Lipinski definition) is 1. The van der Waals surface area contributed by atoms with Gasteiger partial charge < -0.3 is 10.5 Å². The third-order valence-corrected chi connectivity index (χ3v) is 4.20. The molecule has 26 heavy (non-hydrogen) atoms. The van der Waals surface area contributed by atoms with Crippen LogP contribution in [0.25, 0.3) is 11.3 Å². The zero-order chi connectivity index (χ0) is 19.1. The molecule has 1 aliphatic rings. The van der Waals surface area contributed by atoms with Gasteiger partial charge >= 0.3 is 6.18 Å². The summed E-state index contributed by atoms with van der Waals surface area (Å²) in [5.41, 5.74) is 4.58. The molecule has 10 heteroatoms. The first kappa shape index (κ1) is 18.4. The lowest BCUT2D eigenvalue weighted by Gasteiger charge is -2.36. The highest BCUT2D eigenvalue weighted by Crippen LogP contribution is 2.41. The second kappa shape index (κ2) is 6.39. The molecule has 3 rings (SSSR count). The summed E-state index contributed by atoms with van der Waals surface area (Å²) in [6.45, 7) is 1.37. The van der Waals surface area contributed by atoms with Crippen molar-refractivity contribution in [2.75, 3.05) is 0 Å². The SMILES string of the molecule is C[C@@]1(c2cc(-c3cncc(Cl)n3)ccc2F)C[C@@H](C(F)(F)F)OC(N)=N1. The summed E-state index contributed by atoms with van der Waals surface area (Å²) >= 11 is 5.80. The Balaban J connectivity index is 2.08. The van der Waals surface area contributed by atoms with E-state index in [4.69, 9.17) is 17.3 Å². The van der Waals surface area contributed by atoms with E-state index in [1.54, 1.807) is 0 Å². The summed E-state index contributed by atoms with van der Waals surface area (Å²) in [6.07, 6.45) is -4.72. The van der Waals surface area contributed by atoms with Crippen molar-refractivity contribution in [3.63, 3.8) is 0 Å². The van der Waals surface area contributed by atoms with Crippen molar-refractivity contribution in [3.8, 4) is 11.3 Å². The summed E-state index contributed by atoms with van der Waals surface area (Å²) in [5, 5.41) is 0.130. The minimum atomic E-state index is -4.66. The zero-order valence-electron chi connectivity index (χ0n) is 13.4. The molecule has 0 saturated carbocycles. The fourth-order valence-corrected chi connectivity index (χ4v) is 2.94. The summed E-state index contributed by atoms with van der Waals surface area (Å²) in [5.74, 6) is -0.717. The number of aliphatic imine (C=N–C) groups is 1. The van der Waals surface area contributed by atoms with Gasteiger partial charge in [0, 0.05) is 17.5 Å². The highest BCUT2D eigenvalue weighted by Gasteiger charge is 2.50. The number of benzene rings is 1. The van der Waals surface area contributed by atoms with Crippen LogP contribution >= 0.6 is 11.6 Å². The number of ether oxygens (including phenoxy) is 1. The zero-order valence-corrected chi connectivity index (χ0v) is 14.1. The van der Waals surface area contributed by atoms with Crippen LogP contribution in [-0.2, 0) is 10.3 Å². The molecule has 2 heterocycles. The molecular formula is C16H13ClF4N4O. The van der Waals surface area contributed by atoms with Crippen molar-refractivity contribution >= 4 is 17.6 Å². The van der Waals surface area contributed by atoms with Gasteiger partial charge in [0.1, 0.15) is 11.0 Å². The van der Waals surface area contributed by atoms with Crippen LogP contribution < -0.4 is 5.73 Å². The molecule has 138 valence electrons. The van der Waals surface area contributed by atoms with Crippen LogP contribution in [0.3, 0.4) is 0 Å². The van der Waals surface area contributed by atoms with Crippen LogP contribution in [0.5, 0.6) is 0 Å². The molecular weight excluding hydrogens is 376 g/mol. The molecule has 2 atom stereocenters. The highest BCUT2D eigenvalue weighted by molar-refractivity contribution is 6.29. The van der Waals surface area contributed by atoms with Crippen molar-refractivity contribution in [1.29, 1.82) is 0 Å². The van der Waals surface area contributed by atoms with Crippen molar-refractivity contribution < 1.29 is 22.3 Å². The molecule has 1 aromatic carbocycles. The molecule has 0 radical (unpaired) electrons. The van der Waals surface area contributed by atoms with Gasteiger partial charge in [-0.15, -0.1) is 0 Å². The molecule has 0 spiro atoms. The van der Waals surface area contributed by atoms with E-state index in [1.807, 2.05) is 0 Å². The largest absolute Gasteiger partial charge is 0.452 e. The lowest BCUT2D eigenvalue weighted by Crippen LogP contribution is -2.46. The fraction of sp³-hybridized carbons (Fsp3) is 0.312. The van der Waals surface area contributed by atoms with Gasteiger partial charge in [-0.2, -0.15) is 13.2 Å². The van der Waals surface area contributed by atoms with Gasteiger partial charge in [-0.3, -0.25) is 4.98 Å². The Hall–Kier alpha value is -2.42. The first-order chi connectivity index (χ1) is 12.1. The smallest absolute Gasteiger partial charge is 0.425 e. The third-order valence-electron chi connectivity index (χ3n) is 4.02. The van der Waals surface area contributed by atoms with Gasteiger partial charge in [0.05, 0.1) is 23.6 Å². The Labute approximate surface area is 150 Å². The summed E-state index contributed by atoms with van der Waals surface area (Å²) in [7, 11) is 0. The monoisotopic (exact) mass is 388 g/mol. The Morgan fingerprint density at radius 1 is 1.31 bits per heavy atom. The minimum absolute atomic E-state index is 0.0581. The second-order valence-corrected chi connectivity index (χ2v) is 6.39. The minimum Gasteiger partial charge on any atom is -0.452 e. The van der Waals surface area contributed by atoms with Gasteiger partial charge in [-0.25, -0.2) is 14.4 Å². The molecule has 0 amide bonds. The molecule has 2 aromatic rings. The summed E-state index contributed by atoms with van der Waals surface area (Å²) in [4.78, 5) is 11.9. The molecule has 1 aromatic heterocycles. The Morgan fingerprint density at radius 2 is 2.04 bits per heavy atom. The molecule has 5 nitrogen and oxygen atoms in total. The number of aromatic nitrogens is 2. The van der Waals surface area contributed by atoms with Crippen molar-refractivity contribution in [2.45, 2.75) is 31.2 Å². The molecule has 1 aliphatic heterocycles. The van der Waals surface area contributed by atoms with E-state index in [0.29, 0.717) is 11.3 Å². The number of halogens is 5. The Bertz CT molecular complexity index is 874. The van der Waals surface area contributed by atoms with E-state index >= 15 is 0 Å². The van der Waals surface area contributed by atoms with Crippen LogP contribution in [0.15, 0.2) is 35.6 Å². The third kappa shape index (κ3) is 3.57. The molecule has 0 unspecified atom stereocenters.